The number of aromatic nitrogens is 1. The molecule has 54 valence electrons. The molecule has 0 aromatic carbocycles. The van der Waals surface area contributed by atoms with Gasteiger partial charge in [0.25, 0.3) is 0 Å². The number of anilines is 1. The summed E-state index contributed by atoms with van der Waals surface area (Å²) in [5.74, 6) is 0.572. The summed E-state index contributed by atoms with van der Waals surface area (Å²) >= 11 is 0. The van der Waals surface area contributed by atoms with E-state index in [2.05, 4.69) is 4.98 Å². The van der Waals surface area contributed by atoms with Gasteiger partial charge in [-0.05, 0) is 12.1 Å². The Morgan fingerprint density at radius 2 is 2.00 bits per heavy atom. The van der Waals surface area contributed by atoms with Crippen LogP contribution in [-0.2, 0) is 0 Å². The molecule has 1 heterocycles. The van der Waals surface area contributed by atoms with Gasteiger partial charge < -0.3 is 15.8 Å². The average molecular weight is 140 g/mol. The van der Waals surface area contributed by atoms with Crippen molar-refractivity contribution in [1.29, 1.82) is 0 Å². The van der Waals surface area contributed by atoms with Crippen molar-refractivity contribution in [3.8, 4) is 0 Å². The molecule has 0 bridgehead atoms. The van der Waals surface area contributed by atoms with E-state index in [0.29, 0.717) is 5.82 Å². The highest BCUT2D eigenvalue weighted by molar-refractivity contribution is 6.13. The van der Waals surface area contributed by atoms with Crippen molar-refractivity contribution in [3.63, 3.8) is 0 Å². The number of hydrogen-bond donors (Lipinski definition) is 3. The van der Waals surface area contributed by atoms with E-state index in [4.69, 9.17) is 15.8 Å². The Morgan fingerprint density at radius 3 is 2.20 bits per heavy atom. The topological polar surface area (TPSA) is 79.4 Å². The van der Waals surface area contributed by atoms with Crippen LogP contribution in [0.2, 0.25) is 0 Å². The first-order valence-electron chi connectivity index (χ1n) is 2.69. The third kappa shape index (κ3) is 5.08. The summed E-state index contributed by atoms with van der Waals surface area (Å²) in [5, 5.41) is 14.2. The molecule has 0 fully saturated rings. The molecule has 0 aliphatic carbocycles. The predicted octanol–water partition coefficient (Wildman–Crippen LogP) is -1.10. The summed E-state index contributed by atoms with van der Waals surface area (Å²) in [7, 11) is -0.750. The summed E-state index contributed by atoms with van der Waals surface area (Å²) in [4.78, 5) is 3.76. The first-order chi connectivity index (χ1) is 4.81. The van der Waals surface area contributed by atoms with Crippen LogP contribution >= 0.6 is 0 Å². The van der Waals surface area contributed by atoms with Gasteiger partial charge in [0.15, 0.2) is 0 Å². The van der Waals surface area contributed by atoms with Gasteiger partial charge in [-0.15, -0.1) is 0 Å². The minimum Gasteiger partial charge on any atom is -0.430 e. The zero-order chi connectivity index (χ0) is 7.82. The highest BCUT2D eigenvalue weighted by atomic mass is 16.4. The van der Waals surface area contributed by atoms with Crippen molar-refractivity contribution >= 4 is 13.5 Å². The SMILES string of the molecule is Nc1ccccn1.OBO. The van der Waals surface area contributed by atoms with Gasteiger partial charge in [0.2, 0.25) is 0 Å². The lowest BCUT2D eigenvalue weighted by molar-refractivity contribution is 0.448. The van der Waals surface area contributed by atoms with Crippen LogP contribution in [0.5, 0.6) is 0 Å². The van der Waals surface area contributed by atoms with Crippen LogP contribution in [0.1, 0.15) is 0 Å². The second-order valence-electron chi connectivity index (χ2n) is 1.40. The Morgan fingerprint density at radius 1 is 1.40 bits per heavy atom. The second kappa shape index (κ2) is 6.06. The number of hydrogen-bond acceptors (Lipinski definition) is 4. The standard InChI is InChI=1S/C5H6N2.BH3O2/c6-5-3-1-2-4-7-5;2-1-3/h1-4H,(H2,6,7);1-3H. The first-order valence-corrected chi connectivity index (χ1v) is 2.69. The predicted molar refractivity (Wildman–Crippen MR) is 40.2 cm³/mol. The number of nitrogens with two attached hydrogens (primary N) is 1. The molecular weight excluding hydrogens is 131 g/mol. The first kappa shape index (κ1) is 8.93. The van der Waals surface area contributed by atoms with Gasteiger partial charge in [-0.2, -0.15) is 0 Å². The largest absolute Gasteiger partial charge is 0.432 e. The Balaban J connectivity index is 0.000000236. The quantitative estimate of drug-likeness (QED) is 0.399. The smallest absolute Gasteiger partial charge is 0.430 e. The molecule has 0 saturated carbocycles. The van der Waals surface area contributed by atoms with Gasteiger partial charge in [0.05, 0.1) is 0 Å². The maximum absolute atomic E-state index is 7.12. The Hall–Kier alpha value is -1.07. The molecule has 5 heteroatoms. The van der Waals surface area contributed by atoms with E-state index in [9.17, 15) is 0 Å². The van der Waals surface area contributed by atoms with Crippen LogP contribution in [0.4, 0.5) is 5.82 Å². The fraction of sp³-hybridized carbons (Fsp3) is 0. The molecule has 0 amide bonds. The molecule has 0 unspecified atom stereocenters. The van der Waals surface area contributed by atoms with Gasteiger partial charge in [0.1, 0.15) is 5.82 Å². The van der Waals surface area contributed by atoms with Crippen LogP contribution in [0.3, 0.4) is 0 Å². The van der Waals surface area contributed by atoms with E-state index in [1.807, 2.05) is 12.1 Å². The summed E-state index contributed by atoms with van der Waals surface area (Å²) in [6.45, 7) is 0. The van der Waals surface area contributed by atoms with E-state index in [1.165, 1.54) is 0 Å². The fourth-order valence-corrected chi connectivity index (χ4v) is 0.376. The minimum absolute atomic E-state index is 0.572. The van der Waals surface area contributed by atoms with Crippen molar-refractivity contribution in [2.45, 2.75) is 0 Å². The normalized spacial score (nSPS) is 7.40. The Bertz CT molecular complexity index is 159. The maximum Gasteiger partial charge on any atom is 0.432 e. The summed E-state index contributed by atoms with van der Waals surface area (Å²) in [5.41, 5.74) is 5.25. The third-order valence-electron chi connectivity index (χ3n) is 0.688. The lowest BCUT2D eigenvalue weighted by atomic mass is 10.5. The van der Waals surface area contributed by atoms with Crippen molar-refractivity contribution in [1.82, 2.24) is 4.98 Å². The van der Waals surface area contributed by atoms with Crippen molar-refractivity contribution < 1.29 is 10.0 Å². The summed E-state index contributed by atoms with van der Waals surface area (Å²) < 4.78 is 0. The zero-order valence-corrected chi connectivity index (χ0v) is 5.44. The molecule has 10 heavy (non-hydrogen) atoms. The van der Waals surface area contributed by atoms with E-state index in [0.717, 1.165) is 0 Å². The molecule has 1 rings (SSSR count). The third-order valence-corrected chi connectivity index (χ3v) is 0.688. The summed E-state index contributed by atoms with van der Waals surface area (Å²) in [6, 6.07) is 5.43. The Labute approximate surface area is 59.6 Å². The number of rotatable bonds is 0. The molecule has 0 aliphatic heterocycles. The van der Waals surface area contributed by atoms with Crippen molar-refractivity contribution in [3.05, 3.63) is 24.4 Å². The molecule has 0 aliphatic rings. The lowest BCUT2D eigenvalue weighted by Gasteiger charge is -1.82. The highest BCUT2D eigenvalue weighted by Crippen LogP contribution is 1.89. The molecule has 0 saturated heterocycles. The summed E-state index contributed by atoms with van der Waals surface area (Å²) in [6.07, 6.45) is 1.66. The van der Waals surface area contributed by atoms with E-state index in [-0.39, 0.29) is 0 Å². The molecular formula is C5H9BN2O2. The maximum atomic E-state index is 7.12. The van der Waals surface area contributed by atoms with E-state index >= 15 is 0 Å². The number of pyridine rings is 1. The fourth-order valence-electron chi connectivity index (χ4n) is 0.376. The zero-order valence-electron chi connectivity index (χ0n) is 5.44. The van der Waals surface area contributed by atoms with Crippen LogP contribution in [-0.4, -0.2) is 22.7 Å². The van der Waals surface area contributed by atoms with Gasteiger partial charge in [0, 0.05) is 6.20 Å². The highest BCUT2D eigenvalue weighted by Gasteiger charge is 1.73. The molecule has 1 aromatic rings. The average Bonchev–Trinajstić information content (AvgIpc) is 1.91. The van der Waals surface area contributed by atoms with Crippen LogP contribution in [0, 0.1) is 0 Å². The monoisotopic (exact) mass is 140 g/mol. The van der Waals surface area contributed by atoms with Crippen molar-refractivity contribution in [2.75, 3.05) is 5.73 Å². The molecule has 1 aromatic heterocycles. The molecule has 0 radical (unpaired) electrons. The van der Waals surface area contributed by atoms with Gasteiger partial charge >= 0.3 is 7.69 Å². The Kier molecular flexibility index (Phi) is 5.42. The van der Waals surface area contributed by atoms with Crippen LogP contribution < -0.4 is 5.73 Å². The van der Waals surface area contributed by atoms with E-state index < -0.39 is 7.69 Å². The molecule has 4 N–H and O–H groups in total. The van der Waals surface area contributed by atoms with Gasteiger partial charge in [-0.3, -0.25) is 0 Å². The number of nitrogens with zero attached hydrogens (tertiary/aromatic N) is 1. The minimum atomic E-state index is -0.750. The van der Waals surface area contributed by atoms with Gasteiger partial charge in [-0.1, -0.05) is 6.07 Å². The van der Waals surface area contributed by atoms with Crippen molar-refractivity contribution in [2.24, 2.45) is 0 Å². The molecule has 4 nitrogen and oxygen atoms in total. The van der Waals surface area contributed by atoms with Gasteiger partial charge in [-0.25, -0.2) is 4.98 Å². The van der Waals surface area contributed by atoms with Crippen LogP contribution in [0.15, 0.2) is 24.4 Å². The molecule has 0 atom stereocenters. The van der Waals surface area contributed by atoms with E-state index in [1.54, 1.807) is 12.3 Å². The molecule has 0 spiro atoms. The number of nitrogen functional groups attached to an aromatic ring is 1. The second-order valence-corrected chi connectivity index (χ2v) is 1.40. The lowest BCUT2D eigenvalue weighted by Crippen LogP contribution is -1.85. The van der Waals surface area contributed by atoms with Crippen LogP contribution in [0.25, 0.3) is 0 Å².